The second kappa shape index (κ2) is 9.32. The van der Waals surface area contributed by atoms with Gasteiger partial charge in [-0.15, -0.1) is 0 Å². The number of carbonyl (C=O) groups excluding carboxylic acids is 2. The fourth-order valence-corrected chi connectivity index (χ4v) is 2.66. The highest BCUT2D eigenvalue weighted by Gasteiger charge is 2.28. The van der Waals surface area contributed by atoms with Crippen LogP contribution in [0.3, 0.4) is 0 Å². The summed E-state index contributed by atoms with van der Waals surface area (Å²) in [5.74, 6) is -0.681. The molecule has 0 saturated heterocycles. The maximum atomic E-state index is 12.6. The van der Waals surface area contributed by atoms with Crippen LogP contribution in [0.5, 0.6) is 0 Å². The van der Waals surface area contributed by atoms with E-state index in [0.29, 0.717) is 12.0 Å². The molecule has 0 saturated carbocycles. The molecule has 0 fully saturated rings. The summed E-state index contributed by atoms with van der Waals surface area (Å²) in [6.07, 6.45) is -3.87. The first-order valence-corrected chi connectivity index (χ1v) is 8.50. The van der Waals surface area contributed by atoms with Crippen LogP contribution in [0.2, 0.25) is 0 Å². The Kier molecular flexibility index (Phi) is 7.12. The lowest BCUT2D eigenvalue weighted by Gasteiger charge is -2.18. The minimum Gasteiger partial charge on any atom is -0.352 e. The summed E-state index contributed by atoms with van der Waals surface area (Å²) in [5, 5.41) is 2.66. The van der Waals surface area contributed by atoms with Crippen molar-refractivity contribution < 1.29 is 22.8 Å². The molecule has 0 unspecified atom stereocenters. The van der Waals surface area contributed by atoms with Gasteiger partial charge < -0.3 is 5.32 Å². The standard InChI is InChI=1S/C20H21F3N2O2/c1-25(14-20(21,22)23)13-7-12-24-19(27)17-11-6-5-10-16(17)18(26)15-8-3-2-4-9-15/h2-6,8-11H,7,12-14H2,1H3,(H,24,27). The van der Waals surface area contributed by atoms with Crippen molar-refractivity contribution in [1.29, 1.82) is 0 Å². The van der Waals surface area contributed by atoms with Gasteiger partial charge in [-0.2, -0.15) is 13.2 Å². The maximum Gasteiger partial charge on any atom is 0.401 e. The lowest BCUT2D eigenvalue weighted by atomic mass is 9.98. The third-order valence-electron chi connectivity index (χ3n) is 3.90. The minimum absolute atomic E-state index is 0.199. The Morgan fingerprint density at radius 2 is 1.56 bits per heavy atom. The molecule has 0 atom stereocenters. The number of nitrogens with one attached hydrogen (secondary N) is 1. The molecular formula is C20H21F3N2O2. The van der Waals surface area contributed by atoms with Crippen LogP contribution in [0.4, 0.5) is 13.2 Å². The molecule has 0 heterocycles. The molecule has 7 heteroatoms. The normalized spacial score (nSPS) is 11.4. The fourth-order valence-electron chi connectivity index (χ4n) is 2.66. The number of amides is 1. The molecular weight excluding hydrogens is 357 g/mol. The van der Waals surface area contributed by atoms with Crippen molar-refractivity contribution in [2.45, 2.75) is 12.6 Å². The van der Waals surface area contributed by atoms with Crippen LogP contribution in [0.1, 0.15) is 32.7 Å². The molecule has 2 rings (SSSR count). The zero-order valence-corrected chi connectivity index (χ0v) is 14.9. The summed E-state index contributed by atoms with van der Waals surface area (Å²) in [6, 6.07) is 15.1. The molecule has 0 aromatic heterocycles. The predicted octanol–water partition coefficient (Wildman–Crippen LogP) is 3.53. The van der Waals surface area contributed by atoms with Crippen LogP contribution in [-0.2, 0) is 0 Å². The Hall–Kier alpha value is -2.67. The van der Waals surface area contributed by atoms with Gasteiger partial charge in [0.2, 0.25) is 0 Å². The molecule has 0 radical (unpaired) electrons. The lowest BCUT2D eigenvalue weighted by Crippen LogP contribution is -2.34. The van der Waals surface area contributed by atoms with E-state index in [1.165, 1.54) is 7.05 Å². The lowest BCUT2D eigenvalue weighted by molar-refractivity contribution is -0.143. The van der Waals surface area contributed by atoms with E-state index in [2.05, 4.69) is 5.32 Å². The highest BCUT2D eigenvalue weighted by molar-refractivity contribution is 6.15. The second-order valence-electron chi connectivity index (χ2n) is 6.20. The number of benzene rings is 2. The van der Waals surface area contributed by atoms with E-state index in [1.54, 1.807) is 54.6 Å². The Bertz CT molecular complexity index is 776. The number of nitrogens with zero attached hydrogens (tertiary/aromatic N) is 1. The quantitative estimate of drug-likeness (QED) is 0.565. The molecule has 4 nitrogen and oxygen atoms in total. The Balaban J connectivity index is 1.95. The van der Waals surface area contributed by atoms with Gasteiger partial charge in [-0.1, -0.05) is 48.5 Å². The van der Waals surface area contributed by atoms with Gasteiger partial charge in [-0.25, -0.2) is 0 Å². The summed E-state index contributed by atoms with van der Waals surface area (Å²) in [5.41, 5.74) is 1.01. The molecule has 0 spiro atoms. The molecule has 0 aliphatic carbocycles. The molecule has 1 amide bonds. The fraction of sp³-hybridized carbons (Fsp3) is 0.300. The van der Waals surface area contributed by atoms with E-state index in [0.717, 1.165) is 4.90 Å². The van der Waals surface area contributed by atoms with Crippen molar-refractivity contribution >= 4 is 11.7 Å². The monoisotopic (exact) mass is 378 g/mol. The van der Waals surface area contributed by atoms with E-state index >= 15 is 0 Å². The Morgan fingerprint density at radius 1 is 0.963 bits per heavy atom. The predicted molar refractivity (Wildman–Crippen MR) is 96.8 cm³/mol. The van der Waals surface area contributed by atoms with Crippen molar-refractivity contribution in [3.8, 4) is 0 Å². The maximum absolute atomic E-state index is 12.6. The van der Waals surface area contributed by atoms with Gasteiger partial charge in [0.05, 0.1) is 12.1 Å². The van der Waals surface area contributed by atoms with Crippen molar-refractivity contribution in [2.75, 3.05) is 26.7 Å². The second-order valence-corrected chi connectivity index (χ2v) is 6.20. The minimum atomic E-state index is -4.24. The third-order valence-corrected chi connectivity index (χ3v) is 3.90. The van der Waals surface area contributed by atoms with Gasteiger partial charge in [0, 0.05) is 17.7 Å². The molecule has 0 aliphatic rings. The summed E-state index contributed by atoms with van der Waals surface area (Å²) >= 11 is 0. The summed E-state index contributed by atoms with van der Waals surface area (Å²) < 4.78 is 36.8. The van der Waals surface area contributed by atoms with Gasteiger partial charge in [0.25, 0.3) is 5.91 Å². The zero-order chi connectivity index (χ0) is 19.9. The number of alkyl halides is 3. The number of carbonyl (C=O) groups is 2. The largest absolute Gasteiger partial charge is 0.401 e. The molecule has 27 heavy (non-hydrogen) atoms. The van der Waals surface area contributed by atoms with Crippen LogP contribution < -0.4 is 5.32 Å². The average molecular weight is 378 g/mol. The Morgan fingerprint density at radius 3 is 2.19 bits per heavy atom. The third kappa shape index (κ3) is 6.53. The first-order valence-electron chi connectivity index (χ1n) is 8.50. The van der Waals surface area contributed by atoms with Gasteiger partial charge >= 0.3 is 6.18 Å². The highest BCUT2D eigenvalue weighted by atomic mass is 19.4. The number of halogens is 3. The van der Waals surface area contributed by atoms with Gasteiger partial charge in [0.1, 0.15) is 0 Å². The van der Waals surface area contributed by atoms with Crippen LogP contribution in [-0.4, -0.2) is 49.4 Å². The number of hydrogen-bond donors (Lipinski definition) is 1. The first-order chi connectivity index (χ1) is 12.8. The average Bonchev–Trinajstić information content (AvgIpc) is 2.64. The van der Waals surface area contributed by atoms with Crippen LogP contribution in [0.25, 0.3) is 0 Å². The molecule has 1 N–H and O–H groups in total. The van der Waals surface area contributed by atoms with Crippen LogP contribution >= 0.6 is 0 Å². The van der Waals surface area contributed by atoms with E-state index < -0.39 is 18.6 Å². The molecule has 0 bridgehead atoms. The molecule has 144 valence electrons. The summed E-state index contributed by atoms with van der Waals surface area (Å²) in [4.78, 5) is 26.2. The van der Waals surface area contributed by atoms with E-state index in [4.69, 9.17) is 0 Å². The van der Waals surface area contributed by atoms with E-state index in [9.17, 15) is 22.8 Å². The number of rotatable bonds is 8. The SMILES string of the molecule is CN(CCCNC(=O)c1ccccc1C(=O)c1ccccc1)CC(F)(F)F. The van der Waals surface area contributed by atoms with Crippen molar-refractivity contribution in [3.05, 3.63) is 71.3 Å². The summed E-state index contributed by atoms with van der Waals surface area (Å²) in [7, 11) is 1.38. The van der Waals surface area contributed by atoms with Crippen molar-refractivity contribution in [3.63, 3.8) is 0 Å². The van der Waals surface area contributed by atoms with Gasteiger partial charge in [0.15, 0.2) is 5.78 Å². The van der Waals surface area contributed by atoms with Crippen LogP contribution in [0.15, 0.2) is 54.6 Å². The summed E-state index contributed by atoms with van der Waals surface area (Å²) in [6.45, 7) is -0.575. The van der Waals surface area contributed by atoms with E-state index in [-0.39, 0.29) is 30.0 Å². The Labute approximate surface area is 156 Å². The topological polar surface area (TPSA) is 49.4 Å². The zero-order valence-electron chi connectivity index (χ0n) is 14.9. The van der Waals surface area contributed by atoms with Crippen LogP contribution in [0, 0.1) is 0 Å². The molecule has 2 aromatic carbocycles. The molecule has 2 aromatic rings. The number of ketones is 1. The highest BCUT2D eigenvalue weighted by Crippen LogP contribution is 2.16. The van der Waals surface area contributed by atoms with Gasteiger partial charge in [-0.05, 0) is 26.1 Å². The van der Waals surface area contributed by atoms with Crippen molar-refractivity contribution in [1.82, 2.24) is 10.2 Å². The number of hydrogen-bond acceptors (Lipinski definition) is 3. The van der Waals surface area contributed by atoms with Crippen molar-refractivity contribution in [2.24, 2.45) is 0 Å². The molecule has 0 aliphatic heterocycles. The van der Waals surface area contributed by atoms with Gasteiger partial charge in [-0.3, -0.25) is 14.5 Å². The smallest absolute Gasteiger partial charge is 0.352 e. The first kappa shape index (κ1) is 20.6. The van der Waals surface area contributed by atoms with E-state index in [1.807, 2.05) is 0 Å².